The van der Waals surface area contributed by atoms with Gasteiger partial charge >= 0.3 is 18.0 Å². The van der Waals surface area contributed by atoms with Crippen LogP contribution in [0.1, 0.15) is 440 Å². The molecule has 15 nitrogen and oxygen atoms in total. The second-order valence-electron chi connectivity index (χ2n) is 31.7. The zero-order chi connectivity index (χ0) is 75.9. The molecule has 0 saturated carbocycles. The molecule has 0 heterocycles. The maximum atomic E-state index is 13.4. The average Bonchev–Trinajstić information content (AvgIpc) is 1.03. The Kier molecular flexibility index (Phi) is 78.6. The summed E-state index contributed by atoms with van der Waals surface area (Å²) in [7, 11) is 4.21. The molecule has 0 radical (unpaired) electrons. The summed E-state index contributed by atoms with van der Waals surface area (Å²) in [6, 6.07) is -0.421. The van der Waals surface area contributed by atoms with Gasteiger partial charge in [0.1, 0.15) is 12.2 Å². The Balaban J connectivity index is 5.39. The molecule has 4 atom stereocenters. The number of hydrogen-bond donors (Lipinski definition) is 4. The number of nitrogens with one attached hydrogen (secondary N) is 4. The van der Waals surface area contributed by atoms with E-state index in [1.165, 1.54) is 244 Å². The van der Waals surface area contributed by atoms with Crippen molar-refractivity contribution >= 4 is 29.8 Å². The fourth-order valence-electron chi connectivity index (χ4n) is 14.0. The van der Waals surface area contributed by atoms with Crippen molar-refractivity contribution in [2.75, 3.05) is 79.8 Å². The van der Waals surface area contributed by atoms with Gasteiger partial charge < -0.3 is 50.0 Å². The Morgan fingerprint density at radius 2 is 0.529 bits per heavy atom. The van der Waals surface area contributed by atoms with Gasteiger partial charge in [0, 0.05) is 51.6 Å². The van der Waals surface area contributed by atoms with Gasteiger partial charge in [0.05, 0.1) is 38.5 Å². The average molecular weight is 1470 g/mol. The lowest BCUT2D eigenvalue weighted by molar-refractivity contribution is -0.151. The highest BCUT2D eigenvalue weighted by Gasteiger charge is 2.20. The first-order valence-electron chi connectivity index (χ1n) is 45.4. The molecule has 0 aromatic heterocycles. The van der Waals surface area contributed by atoms with E-state index >= 15 is 0 Å². The number of urea groups is 1. The lowest BCUT2D eigenvalue weighted by Crippen LogP contribution is -2.41. The first kappa shape index (κ1) is 101. The number of amides is 4. The van der Waals surface area contributed by atoms with Gasteiger partial charge in [-0.15, -0.1) is 0 Å². The lowest BCUT2D eigenvalue weighted by atomic mass is 10.1. The van der Waals surface area contributed by atoms with Crippen LogP contribution < -0.4 is 21.3 Å². The minimum atomic E-state index is -0.162. The van der Waals surface area contributed by atoms with E-state index in [9.17, 15) is 24.0 Å². The molecule has 0 rings (SSSR count). The third kappa shape index (κ3) is 74.5. The van der Waals surface area contributed by atoms with Crippen molar-refractivity contribution in [3.8, 4) is 0 Å². The van der Waals surface area contributed by atoms with E-state index < -0.39 is 0 Å². The highest BCUT2D eigenvalue weighted by molar-refractivity contribution is 5.76. The number of esters is 2. The van der Waals surface area contributed by atoms with Crippen molar-refractivity contribution in [2.45, 2.75) is 464 Å². The molecule has 0 aliphatic rings. The summed E-state index contributed by atoms with van der Waals surface area (Å²) in [5.41, 5.74) is 0. The summed E-state index contributed by atoms with van der Waals surface area (Å²) < 4.78 is 25.0. The van der Waals surface area contributed by atoms with Crippen LogP contribution in [0.25, 0.3) is 0 Å². The third-order valence-corrected chi connectivity index (χ3v) is 21.1. The molecule has 0 saturated heterocycles. The highest BCUT2D eigenvalue weighted by atomic mass is 16.6. The van der Waals surface area contributed by atoms with Crippen LogP contribution in [0.2, 0.25) is 0 Å². The van der Waals surface area contributed by atoms with Gasteiger partial charge in [0.2, 0.25) is 11.8 Å². The Morgan fingerprint density at radius 3 is 0.808 bits per heavy atom. The van der Waals surface area contributed by atoms with Crippen LogP contribution in [-0.2, 0) is 38.1 Å². The molecule has 15 heteroatoms. The van der Waals surface area contributed by atoms with Gasteiger partial charge in [0.15, 0.2) is 0 Å². The summed E-state index contributed by atoms with van der Waals surface area (Å²) in [5.74, 6) is 0.0261. The van der Waals surface area contributed by atoms with Crippen molar-refractivity contribution in [1.29, 1.82) is 0 Å². The molecular weight excluding hydrogens is 1300 g/mol. The number of rotatable bonds is 84. The molecule has 4 amide bonds. The van der Waals surface area contributed by atoms with E-state index in [1.807, 2.05) is 0 Å². The van der Waals surface area contributed by atoms with Gasteiger partial charge in [-0.1, -0.05) is 324 Å². The van der Waals surface area contributed by atoms with Crippen molar-refractivity contribution < 1.29 is 42.9 Å². The molecule has 0 unspecified atom stereocenters. The van der Waals surface area contributed by atoms with E-state index in [4.69, 9.17) is 18.9 Å². The first-order chi connectivity index (χ1) is 50.9. The van der Waals surface area contributed by atoms with Crippen LogP contribution in [0.3, 0.4) is 0 Å². The Hall–Kier alpha value is -3.01. The number of hydrogen-bond acceptors (Lipinski definition) is 11. The van der Waals surface area contributed by atoms with Crippen molar-refractivity contribution in [1.82, 2.24) is 31.1 Å². The number of nitrogens with zero attached hydrogens (tertiary/aromatic N) is 2. The van der Waals surface area contributed by atoms with E-state index in [1.54, 1.807) is 0 Å². The Labute approximate surface area is 644 Å². The molecule has 0 aromatic rings. The predicted octanol–water partition coefficient (Wildman–Crippen LogP) is 23.3. The predicted molar refractivity (Wildman–Crippen MR) is 442 cm³/mol. The maximum absolute atomic E-state index is 13.4. The first-order valence-corrected chi connectivity index (χ1v) is 45.4. The fraction of sp³-hybridized carbons (Fsp3) is 0.944. The Morgan fingerprint density at radius 1 is 0.279 bits per heavy atom. The van der Waals surface area contributed by atoms with Crippen LogP contribution in [-0.4, -0.2) is 144 Å². The van der Waals surface area contributed by atoms with Crippen molar-refractivity contribution in [2.24, 2.45) is 0 Å². The van der Waals surface area contributed by atoms with Gasteiger partial charge in [-0.2, -0.15) is 0 Å². The minimum Gasteiger partial charge on any atom is -0.462 e. The molecular formula is C89H176N6O9. The molecule has 0 aliphatic heterocycles. The molecule has 0 aromatic carbocycles. The molecule has 0 bridgehead atoms. The zero-order valence-electron chi connectivity index (χ0n) is 70.3. The van der Waals surface area contributed by atoms with Crippen molar-refractivity contribution in [3.63, 3.8) is 0 Å². The van der Waals surface area contributed by atoms with Crippen LogP contribution in [0.15, 0.2) is 0 Å². The van der Waals surface area contributed by atoms with E-state index in [2.05, 4.69) is 86.7 Å². The summed E-state index contributed by atoms with van der Waals surface area (Å²) >= 11 is 0. The molecule has 0 aliphatic carbocycles. The highest BCUT2D eigenvalue weighted by Crippen LogP contribution is 2.20. The number of carbonyl (C=O) groups is 5. The Bertz CT molecular complexity index is 1720. The van der Waals surface area contributed by atoms with Gasteiger partial charge in [0.25, 0.3) is 0 Å². The van der Waals surface area contributed by atoms with Gasteiger partial charge in [-0.05, 0) is 117 Å². The van der Waals surface area contributed by atoms with Crippen LogP contribution in [0, 0.1) is 0 Å². The largest absolute Gasteiger partial charge is 0.462 e. The maximum Gasteiger partial charge on any atom is 0.314 e. The summed E-state index contributed by atoms with van der Waals surface area (Å²) in [4.78, 5) is 70.6. The molecule has 616 valence electrons. The third-order valence-electron chi connectivity index (χ3n) is 21.1. The van der Waals surface area contributed by atoms with Gasteiger partial charge in [-0.25, -0.2) is 4.79 Å². The fourth-order valence-corrected chi connectivity index (χ4v) is 14.0. The quantitative estimate of drug-likeness (QED) is 0.0337. The normalized spacial score (nSPS) is 12.8. The molecule has 4 N–H and O–H groups in total. The SMILES string of the molecule is CCCCCCCCCCCCCC(=O)N[C@@H](CCN(C)CCCNC(=O)NCCCN(C)CC[C@@H](COCC[C@@H](CCCCCCC)OC(=O)CCCCCCCCCCC)NC(=O)CCCCCCCCCCCCC)COCC[C@@H](CCCCCCC)OC(=O)CCCCCCCCCCC. The second-order valence-corrected chi connectivity index (χ2v) is 31.7. The number of unbranched alkanes of at least 4 members (excludes halogenated alkanes) is 44. The summed E-state index contributed by atoms with van der Waals surface area (Å²) in [6.45, 7) is 19.6. The molecule has 0 spiro atoms. The number of ether oxygens (including phenoxy) is 4. The van der Waals surface area contributed by atoms with Crippen LogP contribution in [0.5, 0.6) is 0 Å². The zero-order valence-corrected chi connectivity index (χ0v) is 70.3. The van der Waals surface area contributed by atoms with Crippen LogP contribution in [0.4, 0.5) is 4.79 Å². The van der Waals surface area contributed by atoms with Gasteiger partial charge in [-0.3, -0.25) is 19.2 Å². The molecule has 0 fully saturated rings. The van der Waals surface area contributed by atoms with E-state index in [-0.39, 0.29) is 54.1 Å². The standard InChI is InChI=1S/C89H176N6O9/c1-9-15-21-27-31-35-37-41-43-49-55-63-85(96)92-81(79-101-77-69-83(61-53-47-25-19-13-5)103-87(98)65-57-51-45-39-33-29-23-17-11-3)67-75-94(7)73-59-71-90-89(100)91-72-60-74-95(8)76-68-82(93-86(97)64-56-50-44-42-38-36-32-28-22-16-10-2)80-102-78-70-84(62-54-48-26-20-14-6)104-88(99)66-58-52-46-40-34-30-24-18-12-4/h81-84H,9-80H2,1-8H3,(H,92,96)(H,93,97)(H2,90,91,100)/t81-,82-,83+,84+/m0/s1. The molecule has 104 heavy (non-hydrogen) atoms. The number of carbonyl (C=O) groups excluding carboxylic acids is 5. The van der Waals surface area contributed by atoms with Crippen LogP contribution >= 0.6 is 0 Å². The monoisotopic (exact) mass is 1470 g/mol. The summed E-state index contributed by atoms with van der Waals surface area (Å²) in [5, 5.41) is 12.8. The minimum absolute atomic E-state index is 0.0788. The van der Waals surface area contributed by atoms with E-state index in [0.717, 1.165) is 142 Å². The summed E-state index contributed by atoms with van der Waals surface area (Å²) in [6.07, 6.45) is 68.9. The second kappa shape index (κ2) is 81.0. The lowest BCUT2D eigenvalue weighted by Gasteiger charge is -2.24. The smallest absolute Gasteiger partial charge is 0.314 e. The topological polar surface area (TPSA) is 177 Å². The van der Waals surface area contributed by atoms with Crippen molar-refractivity contribution in [3.05, 3.63) is 0 Å². The van der Waals surface area contributed by atoms with E-state index in [0.29, 0.717) is 78.0 Å².